The molecular formula is C22H25N3O3. The number of esters is 1. The Balaban J connectivity index is 1.63. The smallest absolute Gasteiger partial charge is 0.310 e. The number of nitrogen functional groups attached to an aromatic ring is 1. The van der Waals surface area contributed by atoms with Crippen LogP contribution < -0.4 is 5.73 Å². The van der Waals surface area contributed by atoms with Crippen LogP contribution in [0.15, 0.2) is 48.5 Å². The molecule has 0 aliphatic carbocycles. The number of carbonyl (C=O) groups excluding carboxylic acids is 2. The van der Waals surface area contributed by atoms with Crippen molar-refractivity contribution in [2.75, 3.05) is 20.2 Å². The van der Waals surface area contributed by atoms with Gasteiger partial charge in [-0.15, -0.1) is 0 Å². The Morgan fingerprint density at radius 3 is 2.29 bits per heavy atom. The van der Waals surface area contributed by atoms with E-state index in [1.807, 2.05) is 48.5 Å². The first-order valence-corrected chi connectivity index (χ1v) is 9.37. The third-order valence-corrected chi connectivity index (χ3v) is 5.15. The summed E-state index contributed by atoms with van der Waals surface area (Å²) in [6, 6.07) is 15.4. The second kappa shape index (κ2) is 8.69. The lowest BCUT2D eigenvalue weighted by Gasteiger charge is -2.31. The number of likely N-dealkylation sites (tertiary alicyclic amines) is 1. The number of amidine groups is 1. The molecule has 0 radical (unpaired) electrons. The van der Waals surface area contributed by atoms with Crippen LogP contribution in [0, 0.1) is 11.3 Å². The van der Waals surface area contributed by atoms with Crippen LogP contribution in [-0.4, -0.2) is 42.8 Å². The monoisotopic (exact) mass is 379 g/mol. The molecule has 1 aliphatic rings. The predicted molar refractivity (Wildman–Crippen MR) is 108 cm³/mol. The highest BCUT2D eigenvalue weighted by Crippen LogP contribution is 2.22. The lowest BCUT2D eigenvalue weighted by Crippen LogP contribution is -2.43. The molecule has 28 heavy (non-hydrogen) atoms. The van der Waals surface area contributed by atoms with E-state index in [4.69, 9.17) is 15.9 Å². The van der Waals surface area contributed by atoms with E-state index in [0.29, 0.717) is 25.1 Å². The van der Waals surface area contributed by atoms with Gasteiger partial charge in [0.1, 0.15) is 5.84 Å². The highest BCUT2D eigenvalue weighted by Gasteiger charge is 2.28. The number of nitrogens with one attached hydrogen (secondary N) is 1. The predicted octanol–water partition coefficient (Wildman–Crippen LogP) is 2.59. The van der Waals surface area contributed by atoms with Gasteiger partial charge in [0.15, 0.2) is 0 Å². The molecule has 0 spiro atoms. The van der Waals surface area contributed by atoms with E-state index in [9.17, 15) is 9.59 Å². The van der Waals surface area contributed by atoms with Gasteiger partial charge in [-0.2, -0.15) is 0 Å². The maximum atomic E-state index is 12.6. The van der Waals surface area contributed by atoms with Crippen LogP contribution in [0.2, 0.25) is 0 Å². The van der Waals surface area contributed by atoms with Crippen LogP contribution in [0.25, 0.3) is 11.1 Å². The first kappa shape index (κ1) is 19.6. The molecule has 146 valence electrons. The molecule has 1 amide bonds. The number of amides is 1. The number of benzene rings is 2. The van der Waals surface area contributed by atoms with E-state index in [-0.39, 0.29) is 23.6 Å². The minimum absolute atomic E-state index is 0.0344. The van der Waals surface area contributed by atoms with Crippen LogP contribution in [0.4, 0.5) is 0 Å². The molecule has 6 heteroatoms. The van der Waals surface area contributed by atoms with E-state index in [2.05, 4.69) is 0 Å². The van der Waals surface area contributed by atoms with Gasteiger partial charge in [-0.25, -0.2) is 0 Å². The Bertz CT molecular complexity index is 860. The van der Waals surface area contributed by atoms with E-state index in [1.54, 1.807) is 4.90 Å². The summed E-state index contributed by atoms with van der Waals surface area (Å²) in [5, 5.41) is 7.45. The molecular weight excluding hydrogens is 354 g/mol. The molecule has 1 atom stereocenters. The number of nitrogens with two attached hydrogens (primary N) is 1. The first-order chi connectivity index (χ1) is 13.5. The Morgan fingerprint density at radius 1 is 1.11 bits per heavy atom. The fourth-order valence-corrected chi connectivity index (χ4v) is 3.51. The van der Waals surface area contributed by atoms with E-state index in [0.717, 1.165) is 29.5 Å². The summed E-state index contributed by atoms with van der Waals surface area (Å²) in [6.45, 7) is 1.12. The molecule has 0 bridgehead atoms. The first-order valence-electron chi connectivity index (χ1n) is 9.37. The zero-order chi connectivity index (χ0) is 20.1. The van der Waals surface area contributed by atoms with Crippen molar-refractivity contribution in [3.05, 3.63) is 59.7 Å². The fourth-order valence-electron chi connectivity index (χ4n) is 3.51. The van der Waals surface area contributed by atoms with Crippen molar-refractivity contribution in [1.82, 2.24) is 4.90 Å². The molecule has 3 rings (SSSR count). The molecule has 2 aromatic carbocycles. The summed E-state index contributed by atoms with van der Waals surface area (Å²) in [4.78, 5) is 26.1. The van der Waals surface area contributed by atoms with E-state index in [1.165, 1.54) is 7.11 Å². The van der Waals surface area contributed by atoms with Crippen molar-refractivity contribution >= 4 is 17.7 Å². The average Bonchev–Trinajstić information content (AvgIpc) is 2.74. The Morgan fingerprint density at radius 2 is 1.71 bits per heavy atom. The van der Waals surface area contributed by atoms with Gasteiger partial charge in [0, 0.05) is 18.7 Å². The van der Waals surface area contributed by atoms with Crippen LogP contribution in [0.1, 0.15) is 24.0 Å². The molecule has 1 aliphatic heterocycles. The van der Waals surface area contributed by atoms with E-state index < -0.39 is 0 Å². The number of hydrogen-bond acceptors (Lipinski definition) is 4. The second-order valence-electron chi connectivity index (χ2n) is 7.07. The normalized spacial score (nSPS) is 16.5. The van der Waals surface area contributed by atoms with Gasteiger partial charge >= 0.3 is 5.97 Å². The second-order valence-corrected chi connectivity index (χ2v) is 7.07. The Labute approximate surface area is 164 Å². The summed E-state index contributed by atoms with van der Waals surface area (Å²) in [7, 11) is 1.39. The van der Waals surface area contributed by atoms with Crippen molar-refractivity contribution in [1.29, 1.82) is 5.41 Å². The summed E-state index contributed by atoms with van der Waals surface area (Å²) < 4.78 is 4.82. The molecule has 1 saturated heterocycles. The molecule has 1 fully saturated rings. The number of hydrogen-bond donors (Lipinski definition) is 2. The largest absolute Gasteiger partial charge is 0.469 e. The summed E-state index contributed by atoms with van der Waals surface area (Å²) >= 11 is 0. The van der Waals surface area contributed by atoms with Gasteiger partial charge in [0.2, 0.25) is 5.91 Å². The summed E-state index contributed by atoms with van der Waals surface area (Å²) in [6.07, 6.45) is 1.91. The lowest BCUT2D eigenvalue weighted by atomic mass is 9.97. The molecule has 6 nitrogen and oxygen atoms in total. The topological polar surface area (TPSA) is 96.5 Å². The van der Waals surface area contributed by atoms with Crippen LogP contribution in [0.5, 0.6) is 0 Å². The number of methoxy groups -OCH3 is 1. The standard InChI is InChI=1S/C22H25N3O3/c1-28-22(27)19-3-2-12-25(14-19)20(26)13-15-4-6-16(7-5-15)17-8-10-18(11-9-17)21(23)24/h4-11,19H,2-3,12-14H2,1H3,(H3,23,24). The maximum Gasteiger partial charge on any atom is 0.310 e. The fraction of sp³-hybridized carbons (Fsp3) is 0.318. The van der Waals surface area contributed by atoms with E-state index >= 15 is 0 Å². The minimum atomic E-state index is -0.238. The van der Waals surface area contributed by atoms with Crippen LogP contribution >= 0.6 is 0 Å². The van der Waals surface area contributed by atoms with Crippen molar-refractivity contribution in [3.8, 4) is 11.1 Å². The van der Waals surface area contributed by atoms with Gasteiger partial charge < -0.3 is 15.4 Å². The molecule has 0 aromatic heterocycles. The zero-order valence-corrected chi connectivity index (χ0v) is 16.0. The summed E-state index contributed by atoms with van der Waals surface area (Å²) in [5.74, 6) is -0.375. The van der Waals surface area contributed by atoms with Gasteiger partial charge in [0.05, 0.1) is 19.4 Å². The summed E-state index contributed by atoms with van der Waals surface area (Å²) in [5.41, 5.74) is 9.18. The van der Waals surface area contributed by atoms with Gasteiger partial charge in [-0.1, -0.05) is 48.5 Å². The third-order valence-electron chi connectivity index (χ3n) is 5.15. The number of rotatable bonds is 5. The van der Waals surface area contributed by atoms with Crippen molar-refractivity contribution in [2.24, 2.45) is 11.7 Å². The zero-order valence-electron chi connectivity index (χ0n) is 16.0. The third kappa shape index (κ3) is 4.57. The molecule has 0 saturated carbocycles. The van der Waals surface area contributed by atoms with Gasteiger partial charge in [-0.05, 0) is 29.5 Å². The molecule has 2 aromatic rings. The maximum absolute atomic E-state index is 12.6. The number of carbonyl (C=O) groups is 2. The average molecular weight is 379 g/mol. The van der Waals surface area contributed by atoms with Crippen LogP contribution in [-0.2, 0) is 20.7 Å². The Kier molecular flexibility index (Phi) is 6.09. The molecule has 1 unspecified atom stereocenters. The minimum Gasteiger partial charge on any atom is -0.469 e. The highest BCUT2D eigenvalue weighted by molar-refractivity contribution is 5.95. The SMILES string of the molecule is COC(=O)C1CCCN(C(=O)Cc2ccc(-c3ccc(C(=N)N)cc3)cc2)C1. The van der Waals surface area contributed by atoms with Crippen molar-refractivity contribution in [2.45, 2.75) is 19.3 Å². The lowest BCUT2D eigenvalue weighted by molar-refractivity contribution is -0.148. The van der Waals surface area contributed by atoms with Crippen molar-refractivity contribution < 1.29 is 14.3 Å². The van der Waals surface area contributed by atoms with Gasteiger partial charge in [0.25, 0.3) is 0 Å². The van der Waals surface area contributed by atoms with Crippen molar-refractivity contribution in [3.63, 3.8) is 0 Å². The highest BCUT2D eigenvalue weighted by atomic mass is 16.5. The Hall–Kier alpha value is -3.15. The number of ether oxygens (including phenoxy) is 1. The van der Waals surface area contributed by atoms with Gasteiger partial charge in [-0.3, -0.25) is 15.0 Å². The molecule has 1 heterocycles. The number of piperidine rings is 1. The number of nitrogens with zero attached hydrogens (tertiary/aromatic N) is 1. The van der Waals surface area contributed by atoms with Crippen LogP contribution in [0.3, 0.4) is 0 Å². The quantitative estimate of drug-likeness (QED) is 0.474. The molecule has 3 N–H and O–H groups in total.